The van der Waals surface area contributed by atoms with Gasteiger partial charge in [0.15, 0.2) is 11.6 Å². The summed E-state index contributed by atoms with van der Waals surface area (Å²) >= 11 is 0. The molecule has 5 heterocycles. The monoisotopic (exact) mass is 441 g/mol. The predicted octanol–water partition coefficient (Wildman–Crippen LogP) is 4.23. The molecular formula is C24H27N9. The maximum absolute atomic E-state index is 4.95. The summed E-state index contributed by atoms with van der Waals surface area (Å²) in [5.41, 5.74) is 5.23. The lowest BCUT2D eigenvalue weighted by Crippen LogP contribution is -2.14. The molecule has 9 heteroatoms. The number of aromatic nitrogens is 8. The second kappa shape index (κ2) is 8.23. The van der Waals surface area contributed by atoms with Gasteiger partial charge in [-0.1, -0.05) is 19.9 Å². The van der Waals surface area contributed by atoms with E-state index in [2.05, 4.69) is 63.8 Å². The van der Waals surface area contributed by atoms with E-state index in [1.54, 1.807) is 0 Å². The summed E-state index contributed by atoms with van der Waals surface area (Å²) in [6.07, 6.45) is 5.60. The lowest BCUT2D eigenvalue weighted by atomic mass is 10.1. The molecule has 0 amide bonds. The van der Waals surface area contributed by atoms with Crippen LogP contribution >= 0.6 is 0 Å². The number of nitrogens with zero attached hydrogens (tertiary/aromatic N) is 8. The molecule has 1 N–H and O–H groups in total. The summed E-state index contributed by atoms with van der Waals surface area (Å²) in [6, 6.07) is 8.25. The van der Waals surface area contributed by atoms with Gasteiger partial charge in [-0.05, 0) is 44.9 Å². The normalized spacial score (nSPS) is 11.8. The molecule has 5 aromatic heterocycles. The zero-order chi connectivity index (χ0) is 23.1. The fourth-order valence-electron chi connectivity index (χ4n) is 3.85. The van der Waals surface area contributed by atoms with Crippen LogP contribution in [-0.4, -0.2) is 45.1 Å². The van der Waals surface area contributed by atoms with Crippen molar-refractivity contribution in [2.75, 3.05) is 5.32 Å². The van der Waals surface area contributed by atoms with Gasteiger partial charge in [0.1, 0.15) is 17.0 Å². The van der Waals surface area contributed by atoms with E-state index in [1.807, 2.05) is 48.1 Å². The van der Waals surface area contributed by atoms with Crippen molar-refractivity contribution >= 4 is 22.5 Å². The molecule has 0 aliphatic heterocycles. The quantitative estimate of drug-likeness (QED) is 0.421. The van der Waals surface area contributed by atoms with E-state index in [4.69, 9.17) is 9.97 Å². The van der Waals surface area contributed by atoms with Gasteiger partial charge in [-0.3, -0.25) is 14.4 Å². The van der Waals surface area contributed by atoms with Crippen molar-refractivity contribution < 1.29 is 0 Å². The van der Waals surface area contributed by atoms with Gasteiger partial charge in [0.2, 0.25) is 5.65 Å². The number of hydrogen-bond donors (Lipinski definition) is 1. The summed E-state index contributed by atoms with van der Waals surface area (Å²) in [7, 11) is 0. The molecule has 0 atom stereocenters. The Morgan fingerprint density at radius 1 is 1.03 bits per heavy atom. The van der Waals surface area contributed by atoms with E-state index in [1.165, 1.54) is 0 Å². The molecule has 0 aliphatic carbocycles. The largest absolute Gasteiger partial charge is 0.365 e. The lowest BCUT2D eigenvalue weighted by molar-refractivity contribution is 0.794. The Bertz CT molecular complexity index is 1430. The third kappa shape index (κ3) is 3.90. The molecule has 168 valence electrons. The number of imidazole rings is 1. The topological polar surface area (TPSA) is 98.7 Å². The number of hydrogen-bond acceptors (Lipinski definition) is 7. The first kappa shape index (κ1) is 21.0. The van der Waals surface area contributed by atoms with E-state index in [9.17, 15) is 0 Å². The van der Waals surface area contributed by atoms with E-state index >= 15 is 0 Å². The smallest absolute Gasteiger partial charge is 0.203 e. The van der Waals surface area contributed by atoms with Gasteiger partial charge in [0, 0.05) is 24.1 Å². The van der Waals surface area contributed by atoms with Gasteiger partial charge in [0.05, 0.1) is 24.0 Å². The van der Waals surface area contributed by atoms with Gasteiger partial charge >= 0.3 is 0 Å². The van der Waals surface area contributed by atoms with Crippen LogP contribution in [0.15, 0.2) is 42.9 Å². The van der Waals surface area contributed by atoms with Crippen LogP contribution in [0.2, 0.25) is 0 Å². The highest BCUT2D eigenvalue weighted by Crippen LogP contribution is 2.28. The van der Waals surface area contributed by atoms with E-state index in [0.717, 1.165) is 39.8 Å². The fourth-order valence-corrected chi connectivity index (χ4v) is 3.85. The maximum Gasteiger partial charge on any atom is 0.203 e. The summed E-state index contributed by atoms with van der Waals surface area (Å²) in [6.45, 7) is 10.9. The third-order valence-electron chi connectivity index (χ3n) is 5.51. The van der Waals surface area contributed by atoms with Crippen molar-refractivity contribution in [3.63, 3.8) is 0 Å². The lowest BCUT2D eigenvalue weighted by Gasteiger charge is -2.13. The summed E-state index contributed by atoms with van der Waals surface area (Å²) in [5, 5.41) is 12.0. The van der Waals surface area contributed by atoms with Gasteiger partial charge in [-0.25, -0.2) is 9.97 Å². The van der Waals surface area contributed by atoms with Crippen LogP contribution in [-0.2, 0) is 6.54 Å². The molecule has 5 aromatic rings. The van der Waals surface area contributed by atoms with E-state index in [-0.39, 0.29) is 6.04 Å². The molecule has 5 rings (SSSR count). The molecule has 0 fully saturated rings. The van der Waals surface area contributed by atoms with Crippen LogP contribution in [0.5, 0.6) is 0 Å². The second-order valence-electron chi connectivity index (χ2n) is 8.81. The van der Waals surface area contributed by atoms with Crippen LogP contribution in [0.1, 0.15) is 50.8 Å². The maximum atomic E-state index is 4.95. The van der Waals surface area contributed by atoms with Gasteiger partial charge in [-0.15, -0.1) is 10.2 Å². The molecule has 0 saturated carbocycles. The number of rotatable bonds is 6. The number of aryl methyl sites for hydroxylation is 1. The minimum atomic E-state index is 0.193. The van der Waals surface area contributed by atoms with E-state index in [0.29, 0.717) is 23.9 Å². The number of pyridine rings is 2. The SMILES string of the molecule is Cc1nnc2c(NC(C)C)nc(-c3nc4cnc(C(C)C)cc4n3Cc3ccccn3)cn12. The van der Waals surface area contributed by atoms with Crippen LogP contribution in [0.3, 0.4) is 0 Å². The summed E-state index contributed by atoms with van der Waals surface area (Å²) in [5.74, 6) is 2.53. The van der Waals surface area contributed by atoms with Crippen molar-refractivity contribution in [2.45, 2.75) is 53.1 Å². The highest BCUT2D eigenvalue weighted by molar-refractivity contribution is 5.80. The molecule has 0 aliphatic rings. The highest BCUT2D eigenvalue weighted by atomic mass is 15.3. The first-order valence-corrected chi connectivity index (χ1v) is 11.2. The summed E-state index contributed by atoms with van der Waals surface area (Å²) in [4.78, 5) is 19.0. The van der Waals surface area contributed by atoms with E-state index < -0.39 is 0 Å². The van der Waals surface area contributed by atoms with Crippen LogP contribution in [0.4, 0.5) is 5.82 Å². The fraction of sp³-hybridized carbons (Fsp3) is 0.333. The zero-order valence-corrected chi connectivity index (χ0v) is 19.5. The molecule has 33 heavy (non-hydrogen) atoms. The molecule has 0 unspecified atom stereocenters. The Kier molecular flexibility index (Phi) is 5.24. The predicted molar refractivity (Wildman–Crippen MR) is 128 cm³/mol. The van der Waals surface area contributed by atoms with Crippen molar-refractivity contribution in [1.82, 2.24) is 39.1 Å². The van der Waals surface area contributed by atoms with Crippen LogP contribution in [0, 0.1) is 6.92 Å². The first-order valence-electron chi connectivity index (χ1n) is 11.2. The molecule has 0 saturated heterocycles. The average Bonchev–Trinajstić information content (AvgIpc) is 3.34. The van der Waals surface area contributed by atoms with Crippen molar-refractivity contribution in [2.24, 2.45) is 0 Å². The number of nitrogens with one attached hydrogen (secondary N) is 1. The summed E-state index contributed by atoms with van der Waals surface area (Å²) < 4.78 is 4.12. The average molecular weight is 442 g/mol. The number of anilines is 1. The minimum Gasteiger partial charge on any atom is -0.365 e. The molecule has 0 aromatic carbocycles. The Hall–Kier alpha value is -3.88. The highest BCUT2D eigenvalue weighted by Gasteiger charge is 2.20. The van der Waals surface area contributed by atoms with Crippen molar-refractivity contribution in [3.05, 3.63) is 60.1 Å². The van der Waals surface area contributed by atoms with Crippen LogP contribution in [0.25, 0.3) is 28.2 Å². The molecule has 0 spiro atoms. The van der Waals surface area contributed by atoms with Gasteiger partial charge < -0.3 is 9.88 Å². The minimum absolute atomic E-state index is 0.193. The Labute approximate surface area is 192 Å². The Balaban J connectivity index is 1.76. The van der Waals surface area contributed by atoms with Crippen molar-refractivity contribution in [3.8, 4) is 11.5 Å². The standard InChI is InChI=1S/C24H27N9/c1-14(2)18-10-21-19(11-26-18)29-23(33(21)12-17-8-6-7-9-25-17)20-13-32-16(5)30-31-24(32)22(28-20)27-15(3)4/h6-11,13-15H,12H2,1-5H3,(H,27,28). The molecule has 0 bridgehead atoms. The molecular weight excluding hydrogens is 414 g/mol. The van der Waals surface area contributed by atoms with Gasteiger partial charge in [0.25, 0.3) is 0 Å². The first-order chi connectivity index (χ1) is 15.9. The van der Waals surface area contributed by atoms with Gasteiger partial charge in [-0.2, -0.15) is 0 Å². The van der Waals surface area contributed by atoms with Crippen LogP contribution < -0.4 is 5.32 Å². The number of fused-ring (bicyclic) bond motifs is 2. The second-order valence-corrected chi connectivity index (χ2v) is 8.81. The Morgan fingerprint density at radius 3 is 2.61 bits per heavy atom. The Morgan fingerprint density at radius 2 is 1.88 bits per heavy atom. The molecule has 9 nitrogen and oxygen atoms in total. The van der Waals surface area contributed by atoms with Crippen molar-refractivity contribution in [1.29, 1.82) is 0 Å². The molecule has 0 radical (unpaired) electrons. The third-order valence-corrected chi connectivity index (χ3v) is 5.51. The zero-order valence-electron chi connectivity index (χ0n) is 19.5.